The van der Waals surface area contributed by atoms with Crippen LogP contribution in [-0.2, 0) is 9.53 Å². The van der Waals surface area contributed by atoms with E-state index in [1.807, 2.05) is 11.9 Å². The fraction of sp³-hybridized carbons (Fsp3) is 0.833. The Hall–Kier alpha value is -1.34. The molecule has 0 rings (SSSR count). The zero-order chi connectivity index (χ0) is 14.8. The third-order valence-electron chi connectivity index (χ3n) is 2.64. The summed E-state index contributed by atoms with van der Waals surface area (Å²) >= 11 is 0. The minimum absolute atomic E-state index is 0.151. The zero-order valence-electron chi connectivity index (χ0n) is 12.2. The molecule has 19 heavy (non-hydrogen) atoms. The molecule has 2 amide bonds. The van der Waals surface area contributed by atoms with Crippen LogP contribution in [-0.4, -0.2) is 79.9 Å². The van der Waals surface area contributed by atoms with Gasteiger partial charge in [0.25, 0.3) is 0 Å². The molecule has 0 saturated heterocycles. The lowest BCUT2D eigenvalue weighted by molar-refractivity contribution is -0.138. The van der Waals surface area contributed by atoms with Crippen molar-refractivity contribution in [2.24, 2.45) is 0 Å². The molecular weight excluding hydrogens is 250 g/mol. The molecule has 7 heteroatoms. The summed E-state index contributed by atoms with van der Waals surface area (Å²) in [4.78, 5) is 25.8. The van der Waals surface area contributed by atoms with E-state index in [0.717, 1.165) is 6.54 Å². The highest BCUT2D eigenvalue weighted by molar-refractivity contribution is 5.80. The molecule has 0 radical (unpaired) electrons. The summed E-state index contributed by atoms with van der Waals surface area (Å²) in [6.07, 6.45) is 0. The predicted molar refractivity (Wildman–Crippen MR) is 72.2 cm³/mol. The van der Waals surface area contributed by atoms with E-state index in [1.165, 1.54) is 4.90 Å². The van der Waals surface area contributed by atoms with Crippen LogP contribution in [0.15, 0.2) is 0 Å². The quantitative estimate of drug-likeness (QED) is 0.622. The second kappa shape index (κ2) is 9.57. The van der Waals surface area contributed by atoms with E-state index in [2.05, 4.69) is 5.32 Å². The van der Waals surface area contributed by atoms with E-state index >= 15 is 0 Å². The van der Waals surface area contributed by atoms with E-state index in [1.54, 1.807) is 21.0 Å². The largest absolute Gasteiger partial charge is 0.480 e. The first kappa shape index (κ1) is 17.7. The molecule has 0 fully saturated rings. The van der Waals surface area contributed by atoms with Crippen LogP contribution in [0.4, 0.5) is 4.79 Å². The molecule has 0 bridgehead atoms. The van der Waals surface area contributed by atoms with E-state index < -0.39 is 5.97 Å². The van der Waals surface area contributed by atoms with Gasteiger partial charge in [-0.25, -0.2) is 4.79 Å². The second-order valence-electron chi connectivity index (χ2n) is 4.64. The number of carboxylic acid groups (broad SMARTS) is 1. The minimum Gasteiger partial charge on any atom is -0.480 e. The van der Waals surface area contributed by atoms with Gasteiger partial charge < -0.3 is 25.0 Å². The molecule has 7 nitrogen and oxygen atoms in total. The number of nitrogens with zero attached hydrogens (tertiary/aromatic N) is 2. The normalized spacial score (nSPS) is 10.8. The van der Waals surface area contributed by atoms with Gasteiger partial charge in [-0.2, -0.15) is 0 Å². The Labute approximate surface area is 114 Å². The Balaban J connectivity index is 4.02. The molecule has 0 saturated carbocycles. The standard InChI is InChI=1S/C12H25N3O4/c1-10(2)15(9-11(16)17)12(18)13-5-6-14(3)7-8-19-4/h10H,5-9H2,1-4H3,(H,13,18)(H,16,17). The van der Waals surface area contributed by atoms with Crippen LogP contribution in [0.1, 0.15) is 13.8 Å². The molecule has 0 aromatic heterocycles. The Morgan fingerprint density at radius 1 is 1.32 bits per heavy atom. The van der Waals surface area contributed by atoms with Gasteiger partial charge in [0.05, 0.1) is 6.61 Å². The molecule has 0 aliphatic carbocycles. The van der Waals surface area contributed by atoms with Gasteiger partial charge in [0, 0.05) is 32.8 Å². The van der Waals surface area contributed by atoms with Crippen molar-refractivity contribution in [1.29, 1.82) is 0 Å². The molecular formula is C12H25N3O4. The lowest BCUT2D eigenvalue weighted by Gasteiger charge is -2.25. The van der Waals surface area contributed by atoms with E-state index in [0.29, 0.717) is 19.7 Å². The Bertz CT molecular complexity index is 284. The lowest BCUT2D eigenvalue weighted by Crippen LogP contribution is -2.48. The number of amides is 2. The number of nitrogens with one attached hydrogen (secondary N) is 1. The summed E-state index contributed by atoms with van der Waals surface area (Å²) in [5.74, 6) is -1.01. The highest BCUT2D eigenvalue weighted by Crippen LogP contribution is 1.98. The molecule has 0 atom stereocenters. The van der Waals surface area contributed by atoms with Crippen LogP contribution >= 0.6 is 0 Å². The van der Waals surface area contributed by atoms with Crippen molar-refractivity contribution >= 4 is 12.0 Å². The maximum absolute atomic E-state index is 11.8. The zero-order valence-corrected chi connectivity index (χ0v) is 12.2. The number of methoxy groups -OCH3 is 1. The number of aliphatic carboxylic acids is 1. The lowest BCUT2D eigenvalue weighted by atomic mass is 10.3. The van der Waals surface area contributed by atoms with Crippen molar-refractivity contribution in [3.8, 4) is 0 Å². The number of carbonyl (C=O) groups excluding carboxylic acids is 1. The SMILES string of the molecule is COCCN(C)CCNC(=O)N(CC(=O)O)C(C)C. The van der Waals surface area contributed by atoms with Crippen LogP contribution in [0.5, 0.6) is 0 Å². The van der Waals surface area contributed by atoms with Gasteiger partial charge in [-0.05, 0) is 20.9 Å². The number of urea groups is 1. The van der Waals surface area contributed by atoms with Crippen molar-refractivity contribution < 1.29 is 19.4 Å². The number of rotatable bonds is 9. The molecule has 0 aliphatic rings. The minimum atomic E-state index is -1.01. The number of hydrogen-bond acceptors (Lipinski definition) is 4. The first-order valence-electron chi connectivity index (χ1n) is 6.32. The van der Waals surface area contributed by atoms with Gasteiger partial charge in [-0.1, -0.05) is 0 Å². The van der Waals surface area contributed by atoms with E-state index in [-0.39, 0.29) is 18.6 Å². The molecule has 0 spiro atoms. The highest BCUT2D eigenvalue weighted by atomic mass is 16.5. The molecule has 0 aromatic rings. The van der Waals surface area contributed by atoms with Crippen molar-refractivity contribution in [3.05, 3.63) is 0 Å². The number of hydrogen-bond donors (Lipinski definition) is 2. The maximum atomic E-state index is 11.8. The van der Waals surface area contributed by atoms with Gasteiger partial charge in [-0.3, -0.25) is 4.79 Å². The average molecular weight is 275 g/mol. The summed E-state index contributed by atoms with van der Waals surface area (Å²) in [5, 5.41) is 11.5. The molecule has 0 heterocycles. The summed E-state index contributed by atoms with van der Waals surface area (Å²) in [5.41, 5.74) is 0. The summed E-state index contributed by atoms with van der Waals surface area (Å²) in [6, 6.07) is -0.500. The predicted octanol–water partition coefficient (Wildman–Crippen LogP) is 0.0692. The van der Waals surface area contributed by atoms with Gasteiger partial charge in [-0.15, -0.1) is 0 Å². The third-order valence-corrected chi connectivity index (χ3v) is 2.64. The van der Waals surface area contributed by atoms with Gasteiger partial charge >= 0.3 is 12.0 Å². The molecule has 2 N–H and O–H groups in total. The fourth-order valence-electron chi connectivity index (χ4n) is 1.45. The first-order chi connectivity index (χ1) is 8.88. The van der Waals surface area contributed by atoms with Crippen molar-refractivity contribution in [2.45, 2.75) is 19.9 Å². The summed E-state index contributed by atoms with van der Waals surface area (Å²) in [6.45, 7) is 5.87. The third kappa shape index (κ3) is 8.39. The molecule has 112 valence electrons. The number of likely N-dealkylation sites (N-methyl/N-ethyl adjacent to an activating group) is 1. The summed E-state index contributed by atoms with van der Waals surface area (Å²) in [7, 11) is 3.57. The number of carboxylic acids is 1. The number of carbonyl (C=O) groups is 2. The fourth-order valence-corrected chi connectivity index (χ4v) is 1.45. The molecule has 0 aliphatic heterocycles. The molecule has 0 aromatic carbocycles. The second-order valence-corrected chi connectivity index (χ2v) is 4.64. The topological polar surface area (TPSA) is 82.1 Å². The smallest absolute Gasteiger partial charge is 0.323 e. The highest BCUT2D eigenvalue weighted by Gasteiger charge is 2.19. The molecule has 0 unspecified atom stereocenters. The monoisotopic (exact) mass is 275 g/mol. The van der Waals surface area contributed by atoms with Gasteiger partial charge in [0.1, 0.15) is 6.54 Å². The number of ether oxygens (including phenoxy) is 1. The van der Waals surface area contributed by atoms with Crippen LogP contribution in [0.2, 0.25) is 0 Å². The van der Waals surface area contributed by atoms with Crippen LogP contribution in [0.3, 0.4) is 0 Å². The van der Waals surface area contributed by atoms with E-state index in [9.17, 15) is 9.59 Å². The van der Waals surface area contributed by atoms with Crippen molar-refractivity contribution in [3.63, 3.8) is 0 Å². The van der Waals surface area contributed by atoms with Crippen molar-refractivity contribution in [2.75, 3.05) is 46.9 Å². The van der Waals surface area contributed by atoms with Gasteiger partial charge in [0.2, 0.25) is 0 Å². The van der Waals surface area contributed by atoms with Crippen LogP contribution < -0.4 is 5.32 Å². The Morgan fingerprint density at radius 2 is 1.95 bits per heavy atom. The summed E-state index contributed by atoms with van der Waals surface area (Å²) < 4.78 is 4.95. The van der Waals surface area contributed by atoms with Crippen molar-refractivity contribution in [1.82, 2.24) is 15.1 Å². The van der Waals surface area contributed by atoms with Gasteiger partial charge in [0.15, 0.2) is 0 Å². The van der Waals surface area contributed by atoms with Crippen LogP contribution in [0, 0.1) is 0 Å². The average Bonchev–Trinajstić information content (AvgIpc) is 2.32. The maximum Gasteiger partial charge on any atom is 0.323 e. The first-order valence-corrected chi connectivity index (χ1v) is 6.32. The van der Waals surface area contributed by atoms with Crippen LogP contribution in [0.25, 0.3) is 0 Å². The van der Waals surface area contributed by atoms with E-state index in [4.69, 9.17) is 9.84 Å². The Morgan fingerprint density at radius 3 is 2.42 bits per heavy atom. The Kier molecular flexibility index (Phi) is 8.90.